The predicted octanol–water partition coefficient (Wildman–Crippen LogP) is 3.14. The van der Waals surface area contributed by atoms with Crippen molar-refractivity contribution in [3.8, 4) is 11.1 Å². The largest absolute Gasteiger partial charge is 0.480 e. The van der Waals surface area contributed by atoms with Crippen LogP contribution < -0.4 is 5.32 Å². The Kier molecular flexibility index (Phi) is 5.53. The van der Waals surface area contributed by atoms with E-state index in [4.69, 9.17) is 4.74 Å². The normalized spacial score (nSPS) is 19.9. The van der Waals surface area contributed by atoms with Crippen LogP contribution in [-0.2, 0) is 14.3 Å². The van der Waals surface area contributed by atoms with Crippen LogP contribution in [0.1, 0.15) is 23.5 Å². The number of likely N-dealkylation sites (tertiary alicyclic amines) is 1. The first-order valence-electron chi connectivity index (χ1n) is 9.89. The van der Waals surface area contributed by atoms with Crippen LogP contribution >= 0.6 is 0 Å². The van der Waals surface area contributed by atoms with Gasteiger partial charge in [0, 0.05) is 24.9 Å². The number of hydrogen-bond acceptors (Lipinski definition) is 4. The highest BCUT2D eigenvalue weighted by atomic mass is 19.4. The average Bonchev–Trinajstić information content (AvgIpc) is 3.31. The maximum atomic E-state index is 12.7. The molecule has 0 spiro atoms. The first-order chi connectivity index (χ1) is 15.2. The van der Waals surface area contributed by atoms with Crippen LogP contribution in [0.3, 0.4) is 0 Å². The summed E-state index contributed by atoms with van der Waals surface area (Å²) in [6.45, 7) is -0.454. The molecule has 2 amide bonds. The Morgan fingerprint density at radius 1 is 1.03 bits per heavy atom. The number of carboxylic acid groups (broad SMARTS) is 1. The molecule has 1 fully saturated rings. The second-order valence-electron chi connectivity index (χ2n) is 7.71. The van der Waals surface area contributed by atoms with E-state index in [1.165, 1.54) is 0 Å². The van der Waals surface area contributed by atoms with Gasteiger partial charge in [0.25, 0.3) is 0 Å². The fourth-order valence-electron chi connectivity index (χ4n) is 4.32. The van der Waals surface area contributed by atoms with E-state index in [0.29, 0.717) is 0 Å². The van der Waals surface area contributed by atoms with E-state index in [1.807, 2.05) is 48.5 Å². The van der Waals surface area contributed by atoms with E-state index in [0.717, 1.165) is 27.2 Å². The Morgan fingerprint density at radius 3 is 2.12 bits per heavy atom. The molecular weight excluding hydrogens is 429 g/mol. The zero-order valence-corrected chi connectivity index (χ0v) is 16.6. The van der Waals surface area contributed by atoms with E-state index in [-0.39, 0.29) is 18.9 Å². The molecule has 0 unspecified atom stereocenters. The molecule has 2 aliphatic rings. The molecule has 10 heteroatoms. The maximum absolute atomic E-state index is 12.7. The Bertz CT molecular complexity index is 1030. The Balaban J connectivity index is 1.46. The lowest BCUT2D eigenvalue weighted by atomic mass is 9.98. The van der Waals surface area contributed by atoms with Gasteiger partial charge in [-0.05, 0) is 22.3 Å². The summed E-state index contributed by atoms with van der Waals surface area (Å²) in [4.78, 5) is 36.3. The third-order valence-corrected chi connectivity index (χ3v) is 5.75. The van der Waals surface area contributed by atoms with E-state index >= 15 is 0 Å². The van der Waals surface area contributed by atoms with Gasteiger partial charge in [-0.15, -0.1) is 0 Å². The summed E-state index contributed by atoms with van der Waals surface area (Å²) in [7, 11) is 0. The fourth-order valence-corrected chi connectivity index (χ4v) is 4.32. The summed E-state index contributed by atoms with van der Waals surface area (Å²) in [5.41, 5.74) is 3.97. The Labute approximate surface area is 180 Å². The van der Waals surface area contributed by atoms with Gasteiger partial charge < -0.3 is 15.2 Å². The summed E-state index contributed by atoms with van der Waals surface area (Å²) in [6.07, 6.45) is -6.40. The molecule has 0 saturated carbocycles. The van der Waals surface area contributed by atoms with Crippen molar-refractivity contribution in [1.29, 1.82) is 0 Å². The average molecular weight is 448 g/mol. The summed E-state index contributed by atoms with van der Waals surface area (Å²) in [5.74, 6) is -3.82. The molecule has 0 bridgehead atoms. The second kappa shape index (κ2) is 8.18. The number of fused-ring (bicyclic) bond motifs is 3. The molecule has 0 aromatic heterocycles. The highest BCUT2D eigenvalue weighted by Gasteiger charge is 2.45. The number of aliphatic carboxylic acids is 1. The summed E-state index contributed by atoms with van der Waals surface area (Å²) < 4.78 is 43.0. The number of nitrogens with zero attached hydrogens (tertiary/aromatic N) is 1. The highest BCUT2D eigenvalue weighted by Crippen LogP contribution is 2.44. The van der Waals surface area contributed by atoms with E-state index in [9.17, 15) is 32.7 Å². The first-order valence-corrected chi connectivity index (χ1v) is 9.89. The maximum Gasteiger partial charge on any atom is 0.471 e. The van der Waals surface area contributed by atoms with Crippen molar-refractivity contribution in [1.82, 2.24) is 10.2 Å². The SMILES string of the molecule is O=C(O)[C@@H]1C[C@H](NC(=O)C(F)(F)F)CN1C(=O)OCC1c2ccccc2-c2ccccc21. The van der Waals surface area contributed by atoms with Gasteiger partial charge in [0.05, 0.1) is 0 Å². The monoisotopic (exact) mass is 448 g/mol. The zero-order valence-electron chi connectivity index (χ0n) is 16.6. The van der Waals surface area contributed by atoms with Gasteiger partial charge in [-0.25, -0.2) is 9.59 Å². The van der Waals surface area contributed by atoms with Crippen molar-refractivity contribution in [2.75, 3.05) is 13.2 Å². The number of carboxylic acids is 1. The van der Waals surface area contributed by atoms with Crippen LogP contribution in [0.25, 0.3) is 11.1 Å². The van der Waals surface area contributed by atoms with Gasteiger partial charge in [0.1, 0.15) is 12.6 Å². The summed E-state index contributed by atoms with van der Waals surface area (Å²) in [5, 5.41) is 11.1. The molecule has 7 nitrogen and oxygen atoms in total. The molecular formula is C22H19F3N2O5. The zero-order chi connectivity index (χ0) is 23.0. The van der Waals surface area contributed by atoms with Crippen molar-refractivity contribution < 1.29 is 37.4 Å². The van der Waals surface area contributed by atoms with Crippen LogP contribution in [0.15, 0.2) is 48.5 Å². The van der Waals surface area contributed by atoms with E-state index in [1.54, 1.807) is 5.32 Å². The number of halogens is 3. The molecule has 2 aromatic carbocycles. The smallest absolute Gasteiger partial charge is 0.471 e. The molecule has 32 heavy (non-hydrogen) atoms. The first kappa shape index (κ1) is 21.7. The number of nitrogens with one attached hydrogen (secondary N) is 1. The number of carbonyl (C=O) groups is 3. The van der Waals surface area contributed by atoms with Gasteiger partial charge in [0.2, 0.25) is 0 Å². The van der Waals surface area contributed by atoms with Gasteiger partial charge in [0.15, 0.2) is 0 Å². The third-order valence-electron chi connectivity index (χ3n) is 5.75. The third kappa shape index (κ3) is 4.00. The lowest BCUT2D eigenvalue weighted by Crippen LogP contribution is -2.45. The minimum atomic E-state index is -5.10. The molecule has 2 atom stereocenters. The Morgan fingerprint density at radius 2 is 1.59 bits per heavy atom. The number of benzene rings is 2. The van der Waals surface area contributed by atoms with Crippen LogP contribution in [-0.4, -0.2) is 59.4 Å². The molecule has 4 rings (SSSR count). The number of ether oxygens (including phenoxy) is 1. The van der Waals surface area contributed by atoms with Crippen molar-refractivity contribution >= 4 is 18.0 Å². The molecule has 2 N–H and O–H groups in total. The molecule has 1 heterocycles. The molecule has 2 aromatic rings. The fraction of sp³-hybridized carbons (Fsp3) is 0.318. The summed E-state index contributed by atoms with van der Waals surface area (Å²) in [6, 6.07) is 12.8. The topological polar surface area (TPSA) is 95.9 Å². The van der Waals surface area contributed by atoms with Crippen LogP contribution in [0.4, 0.5) is 18.0 Å². The quantitative estimate of drug-likeness (QED) is 0.749. The summed E-state index contributed by atoms with van der Waals surface area (Å²) >= 11 is 0. The van der Waals surface area contributed by atoms with Gasteiger partial charge in [-0.2, -0.15) is 13.2 Å². The van der Waals surface area contributed by atoms with E-state index < -0.39 is 42.8 Å². The van der Waals surface area contributed by atoms with Gasteiger partial charge in [-0.3, -0.25) is 9.69 Å². The minimum Gasteiger partial charge on any atom is -0.480 e. The van der Waals surface area contributed by atoms with Crippen LogP contribution in [0, 0.1) is 0 Å². The molecule has 1 aliphatic carbocycles. The number of carbonyl (C=O) groups excluding carboxylic acids is 2. The van der Waals surface area contributed by atoms with E-state index in [2.05, 4.69) is 0 Å². The number of alkyl halides is 3. The van der Waals surface area contributed by atoms with Gasteiger partial charge >= 0.3 is 24.1 Å². The highest BCUT2D eigenvalue weighted by molar-refractivity contribution is 5.84. The molecule has 1 aliphatic heterocycles. The standard InChI is InChI=1S/C22H19F3N2O5/c23-22(24,25)20(30)26-12-9-18(19(28)29)27(10-12)21(31)32-11-17-15-7-3-1-5-13(15)14-6-2-4-8-16(14)17/h1-8,12,17-18H,9-11H2,(H,26,30)(H,28,29)/t12-,18-/m0/s1. The van der Waals surface area contributed by atoms with Crippen molar-refractivity contribution in [2.45, 2.75) is 30.6 Å². The van der Waals surface area contributed by atoms with Gasteiger partial charge in [-0.1, -0.05) is 48.5 Å². The lowest BCUT2D eigenvalue weighted by molar-refractivity contribution is -0.174. The minimum absolute atomic E-state index is 0.0602. The van der Waals surface area contributed by atoms with Crippen molar-refractivity contribution in [3.63, 3.8) is 0 Å². The molecule has 0 radical (unpaired) electrons. The lowest BCUT2D eigenvalue weighted by Gasteiger charge is -2.22. The van der Waals surface area contributed by atoms with Crippen LogP contribution in [0.5, 0.6) is 0 Å². The number of rotatable bonds is 4. The number of amides is 2. The van der Waals surface area contributed by atoms with Crippen LogP contribution in [0.2, 0.25) is 0 Å². The molecule has 168 valence electrons. The molecule has 1 saturated heterocycles. The Hall–Kier alpha value is -3.56. The van der Waals surface area contributed by atoms with Crippen molar-refractivity contribution in [3.05, 3.63) is 59.7 Å². The number of hydrogen-bond donors (Lipinski definition) is 2. The second-order valence-corrected chi connectivity index (χ2v) is 7.71. The van der Waals surface area contributed by atoms with Crippen molar-refractivity contribution in [2.24, 2.45) is 0 Å². The predicted molar refractivity (Wildman–Crippen MR) is 106 cm³/mol.